The second kappa shape index (κ2) is 3.96. The Morgan fingerprint density at radius 2 is 2.07 bits per heavy atom. The molecule has 0 saturated carbocycles. The quantitative estimate of drug-likeness (QED) is 0.559. The van der Waals surface area contributed by atoms with E-state index < -0.39 is 0 Å². The number of allylic oxidation sites excluding steroid dienone is 7. The minimum atomic E-state index is -0.296. The molecule has 0 aromatic heterocycles. The third kappa shape index (κ3) is 1.88. The van der Waals surface area contributed by atoms with Gasteiger partial charge in [-0.05, 0) is 18.6 Å². The molecule has 0 saturated heterocycles. The monoisotopic (exact) mass is 201 g/mol. The molecule has 0 spiro atoms. The van der Waals surface area contributed by atoms with Gasteiger partial charge in [-0.3, -0.25) is 4.79 Å². The summed E-state index contributed by atoms with van der Waals surface area (Å²) in [6.07, 6.45) is 12.0. The summed E-state index contributed by atoms with van der Waals surface area (Å²) in [6.45, 7) is 0. The summed E-state index contributed by atoms with van der Waals surface area (Å²) in [7, 11) is 0. The maximum atomic E-state index is 11.5. The molecule has 0 bridgehead atoms. The van der Waals surface area contributed by atoms with Crippen molar-refractivity contribution < 1.29 is 9.66 Å². The lowest BCUT2D eigenvalue weighted by Crippen LogP contribution is -2.15. The third-order valence-electron chi connectivity index (χ3n) is 2.11. The molecule has 1 aliphatic heterocycles. The van der Waals surface area contributed by atoms with Crippen molar-refractivity contribution in [3.8, 4) is 0 Å². The van der Waals surface area contributed by atoms with Crippen molar-refractivity contribution >= 4 is 12.0 Å². The Bertz CT molecular complexity index is 465. The molecule has 1 heterocycles. The van der Waals surface area contributed by atoms with Gasteiger partial charge in [-0.1, -0.05) is 24.3 Å². The fourth-order valence-corrected chi connectivity index (χ4v) is 1.43. The van der Waals surface area contributed by atoms with E-state index in [2.05, 4.69) is 5.10 Å². The van der Waals surface area contributed by atoms with Crippen molar-refractivity contribution in [2.45, 2.75) is 6.42 Å². The highest BCUT2D eigenvalue weighted by Gasteiger charge is 2.30. The minimum Gasteiger partial charge on any atom is -0.282 e. The van der Waals surface area contributed by atoms with E-state index in [0.29, 0.717) is 16.9 Å². The number of carbonyl (C=O) groups excluding carboxylic acids is 1. The van der Waals surface area contributed by atoms with E-state index in [4.69, 9.17) is 0 Å². The lowest BCUT2D eigenvalue weighted by Gasteiger charge is -2.01. The number of hydrogen-bond donors (Lipinski definition) is 0. The molecule has 4 heteroatoms. The van der Waals surface area contributed by atoms with Crippen LogP contribution in [0.3, 0.4) is 0 Å². The normalized spacial score (nSPS) is 20.0. The van der Waals surface area contributed by atoms with Gasteiger partial charge in [-0.2, -0.15) is 0 Å². The van der Waals surface area contributed by atoms with Crippen molar-refractivity contribution in [3.05, 3.63) is 52.6 Å². The maximum absolute atomic E-state index is 11.5. The molecule has 0 radical (unpaired) electrons. The standard InChI is InChI=1S/C11H9N2O2/c14-10-7-4-6-9-5-2-1-3-8-12-13(15)11(9)10/h1-5,7-8H,6H2/q+1. The first kappa shape index (κ1) is 9.45. The lowest BCUT2D eigenvalue weighted by atomic mass is 10.0. The fraction of sp³-hybridized carbons (Fsp3) is 0.0909. The summed E-state index contributed by atoms with van der Waals surface area (Å²) in [6, 6.07) is 0. The molecular weight excluding hydrogens is 192 g/mol. The largest absolute Gasteiger partial charge is 0.345 e. The number of hydrogen-bond acceptors (Lipinski definition) is 2. The van der Waals surface area contributed by atoms with Gasteiger partial charge in [0.05, 0.1) is 11.1 Å². The third-order valence-corrected chi connectivity index (χ3v) is 2.11. The summed E-state index contributed by atoms with van der Waals surface area (Å²) < 4.78 is 0. The molecule has 0 aromatic carbocycles. The molecule has 0 unspecified atom stereocenters. The summed E-state index contributed by atoms with van der Waals surface area (Å²) in [5.41, 5.74) is 0.801. The number of nitroso groups, excluding NO2 is 1. The molecule has 0 atom stereocenters. The van der Waals surface area contributed by atoms with E-state index in [9.17, 15) is 9.70 Å². The van der Waals surface area contributed by atoms with Crippen LogP contribution < -0.4 is 0 Å². The van der Waals surface area contributed by atoms with Gasteiger partial charge in [-0.25, -0.2) is 0 Å². The Hall–Kier alpha value is -2.10. The molecule has 74 valence electrons. The second-order valence-electron chi connectivity index (χ2n) is 3.13. The molecule has 2 aliphatic rings. The fourth-order valence-electron chi connectivity index (χ4n) is 1.43. The van der Waals surface area contributed by atoms with Crippen LogP contribution >= 0.6 is 0 Å². The highest BCUT2D eigenvalue weighted by atomic mass is 16.3. The minimum absolute atomic E-state index is 0.105. The predicted molar refractivity (Wildman–Crippen MR) is 56.2 cm³/mol. The highest BCUT2D eigenvalue weighted by molar-refractivity contribution is 6.03. The zero-order valence-corrected chi connectivity index (χ0v) is 7.96. The first-order valence-electron chi connectivity index (χ1n) is 4.57. The van der Waals surface area contributed by atoms with Gasteiger partial charge >= 0.3 is 5.70 Å². The van der Waals surface area contributed by atoms with Gasteiger partial charge < -0.3 is 0 Å². The molecule has 1 aliphatic carbocycles. The van der Waals surface area contributed by atoms with E-state index in [1.165, 1.54) is 12.3 Å². The number of nitrogens with zero attached hydrogens (tertiary/aromatic N) is 2. The molecule has 15 heavy (non-hydrogen) atoms. The van der Waals surface area contributed by atoms with Crippen LogP contribution in [0, 0.1) is 4.91 Å². The average molecular weight is 201 g/mol. The van der Waals surface area contributed by atoms with Crippen molar-refractivity contribution in [2.24, 2.45) is 5.10 Å². The van der Waals surface area contributed by atoms with E-state index in [1.807, 2.05) is 0 Å². The zero-order valence-electron chi connectivity index (χ0n) is 7.96. The molecule has 2 rings (SSSR count). The first-order chi connectivity index (χ1) is 7.29. The summed E-state index contributed by atoms with van der Waals surface area (Å²) >= 11 is 0. The van der Waals surface area contributed by atoms with Gasteiger partial charge in [0, 0.05) is 10.7 Å². The van der Waals surface area contributed by atoms with E-state index >= 15 is 0 Å². The van der Waals surface area contributed by atoms with E-state index in [0.717, 1.165) is 0 Å². The van der Waals surface area contributed by atoms with Crippen LogP contribution in [0.5, 0.6) is 0 Å². The first-order valence-corrected chi connectivity index (χ1v) is 4.57. The smallest absolute Gasteiger partial charge is 0.282 e. The van der Waals surface area contributed by atoms with Crippen LogP contribution in [0.25, 0.3) is 0 Å². The Labute approximate surface area is 86.6 Å². The Morgan fingerprint density at radius 1 is 1.20 bits per heavy atom. The van der Waals surface area contributed by atoms with Crippen molar-refractivity contribution in [3.63, 3.8) is 0 Å². The lowest BCUT2D eigenvalue weighted by molar-refractivity contribution is -0.498. The van der Waals surface area contributed by atoms with Crippen molar-refractivity contribution in [2.75, 3.05) is 0 Å². The van der Waals surface area contributed by atoms with Crippen LogP contribution in [0.1, 0.15) is 6.42 Å². The van der Waals surface area contributed by atoms with Crippen LogP contribution in [0.15, 0.2) is 52.8 Å². The summed E-state index contributed by atoms with van der Waals surface area (Å²) in [5.74, 6) is -0.296. The van der Waals surface area contributed by atoms with Crippen molar-refractivity contribution in [1.29, 1.82) is 0 Å². The topological polar surface area (TPSA) is 49.5 Å². The Balaban J connectivity index is 2.51. The number of rotatable bonds is 0. The van der Waals surface area contributed by atoms with E-state index in [1.54, 1.807) is 30.4 Å². The van der Waals surface area contributed by atoms with Crippen LogP contribution in [0.2, 0.25) is 0 Å². The molecular formula is C11H9N2O2+. The van der Waals surface area contributed by atoms with Gasteiger partial charge in [0.25, 0.3) is 5.78 Å². The van der Waals surface area contributed by atoms with Gasteiger partial charge in [-0.15, -0.1) is 0 Å². The summed E-state index contributed by atoms with van der Waals surface area (Å²) in [4.78, 5) is 23.4. The zero-order chi connectivity index (χ0) is 10.7. The summed E-state index contributed by atoms with van der Waals surface area (Å²) in [5, 5.41) is 3.59. The average Bonchev–Trinajstić information content (AvgIpc) is 2.30. The van der Waals surface area contributed by atoms with Gasteiger partial charge in [0.1, 0.15) is 0 Å². The molecule has 0 fully saturated rings. The Kier molecular flexibility index (Phi) is 2.49. The molecule has 0 aromatic rings. The van der Waals surface area contributed by atoms with Crippen molar-refractivity contribution in [1.82, 2.24) is 0 Å². The molecule has 0 N–H and O–H groups in total. The Morgan fingerprint density at radius 3 is 2.93 bits per heavy atom. The predicted octanol–water partition coefficient (Wildman–Crippen LogP) is 1.66. The van der Waals surface area contributed by atoms with Gasteiger partial charge in [0.2, 0.25) is 0 Å². The number of ketones is 1. The van der Waals surface area contributed by atoms with Crippen LogP contribution in [-0.4, -0.2) is 16.9 Å². The highest BCUT2D eigenvalue weighted by Crippen LogP contribution is 2.19. The van der Waals surface area contributed by atoms with Crippen LogP contribution in [0.4, 0.5) is 0 Å². The van der Waals surface area contributed by atoms with E-state index in [-0.39, 0.29) is 11.5 Å². The van der Waals surface area contributed by atoms with Crippen LogP contribution in [-0.2, 0) is 4.79 Å². The maximum Gasteiger partial charge on any atom is 0.345 e. The number of carbonyl (C=O) groups is 1. The SMILES string of the molecule is O=C1C=CCC2=C1[N+](=O)N=CC=CC=C2. The van der Waals surface area contributed by atoms with Gasteiger partial charge in [0.15, 0.2) is 4.87 Å². The number of hydrazone groups is 1. The molecule has 0 amide bonds. The second-order valence-corrected chi connectivity index (χ2v) is 3.13. The molecule has 4 nitrogen and oxygen atoms in total.